The van der Waals surface area contributed by atoms with Crippen LogP contribution in [0.3, 0.4) is 0 Å². The molecule has 1 aliphatic heterocycles. The van der Waals surface area contributed by atoms with Crippen LogP contribution >= 0.6 is 0 Å². The SMILES string of the molecule is CC[C@H]1C[C@H](Oc2ccc(OC(F)(F)F)cc2)CCN1c1nc2nncn2c2ccc(C#N)nc12. The standard InChI is InChI=1S/C23H20F3N7O2/c1-2-15-11-18(34-16-4-6-17(7-5-16)35-23(24,25)26)9-10-32(15)21-20-19(8-3-14(12-27)29-20)33-13-28-31-22(33)30-21/h3-8,13,15,18H,2,9-11H2,1H3/t15-,18+/m0/s1. The van der Waals surface area contributed by atoms with E-state index in [2.05, 4.69) is 37.8 Å². The Kier molecular flexibility index (Phi) is 5.76. The smallest absolute Gasteiger partial charge is 0.490 e. The number of hydrogen-bond donors (Lipinski definition) is 0. The van der Waals surface area contributed by atoms with Crippen molar-refractivity contribution in [3.05, 3.63) is 48.4 Å². The molecule has 3 aromatic heterocycles. The number of piperidine rings is 1. The van der Waals surface area contributed by atoms with E-state index < -0.39 is 6.36 Å². The Morgan fingerprint density at radius 1 is 1.11 bits per heavy atom. The molecule has 12 heteroatoms. The monoisotopic (exact) mass is 483 g/mol. The molecule has 0 unspecified atom stereocenters. The molecule has 0 amide bonds. The maximum absolute atomic E-state index is 12.4. The molecule has 4 heterocycles. The van der Waals surface area contributed by atoms with E-state index in [9.17, 15) is 18.4 Å². The minimum Gasteiger partial charge on any atom is -0.490 e. The van der Waals surface area contributed by atoms with Crippen molar-refractivity contribution in [1.29, 1.82) is 5.26 Å². The highest BCUT2D eigenvalue weighted by atomic mass is 19.4. The molecule has 1 aromatic carbocycles. The zero-order valence-corrected chi connectivity index (χ0v) is 18.6. The van der Waals surface area contributed by atoms with Crippen molar-refractivity contribution in [2.75, 3.05) is 11.4 Å². The van der Waals surface area contributed by atoms with Gasteiger partial charge in [-0.3, -0.25) is 4.40 Å². The molecule has 1 fully saturated rings. The van der Waals surface area contributed by atoms with Gasteiger partial charge in [0.05, 0.1) is 5.52 Å². The van der Waals surface area contributed by atoms with E-state index in [0.717, 1.165) is 11.9 Å². The minimum absolute atomic E-state index is 0.0650. The molecule has 0 aliphatic carbocycles. The summed E-state index contributed by atoms with van der Waals surface area (Å²) in [6.07, 6.45) is -1.16. The van der Waals surface area contributed by atoms with Crippen molar-refractivity contribution in [2.24, 2.45) is 0 Å². The highest BCUT2D eigenvalue weighted by Gasteiger charge is 2.32. The molecule has 1 saturated heterocycles. The normalized spacial score (nSPS) is 18.5. The summed E-state index contributed by atoms with van der Waals surface area (Å²) in [6.45, 7) is 2.68. The lowest BCUT2D eigenvalue weighted by Crippen LogP contribution is -2.46. The molecular formula is C23H20F3N7O2. The molecule has 4 aromatic rings. The summed E-state index contributed by atoms with van der Waals surface area (Å²) in [7, 11) is 0. The van der Waals surface area contributed by atoms with E-state index in [-0.39, 0.29) is 23.6 Å². The number of halogens is 3. The minimum atomic E-state index is -4.74. The van der Waals surface area contributed by atoms with Gasteiger partial charge in [-0.15, -0.1) is 23.4 Å². The van der Waals surface area contributed by atoms with E-state index >= 15 is 0 Å². The number of anilines is 1. The van der Waals surface area contributed by atoms with Crippen molar-refractivity contribution in [3.8, 4) is 17.6 Å². The largest absolute Gasteiger partial charge is 0.573 e. The molecule has 2 atom stereocenters. The summed E-state index contributed by atoms with van der Waals surface area (Å²) in [6, 6.07) is 11.0. The van der Waals surface area contributed by atoms with Crippen LogP contribution in [0.4, 0.5) is 19.0 Å². The number of benzene rings is 1. The summed E-state index contributed by atoms with van der Waals surface area (Å²) in [5.41, 5.74) is 1.63. The van der Waals surface area contributed by atoms with Crippen LogP contribution < -0.4 is 14.4 Å². The van der Waals surface area contributed by atoms with E-state index in [1.807, 2.05) is 6.07 Å². The van der Waals surface area contributed by atoms with Crippen LogP contribution in [-0.4, -0.2) is 49.6 Å². The molecule has 35 heavy (non-hydrogen) atoms. The summed E-state index contributed by atoms with van der Waals surface area (Å²) in [5, 5.41) is 17.4. The Bertz CT molecular complexity index is 1400. The zero-order chi connectivity index (χ0) is 24.6. The molecule has 0 spiro atoms. The predicted molar refractivity (Wildman–Crippen MR) is 119 cm³/mol. The van der Waals surface area contributed by atoms with Gasteiger partial charge in [0.2, 0.25) is 0 Å². The van der Waals surface area contributed by atoms with Gasteiger partial charge in [0, 0.05) is 25.4 Å². The van der Waals surface area contributed by atoms with Gasteiger partial charge in [-0.1, -0.05) is 6.92 Å². The number of pyridine rings is 1. The lowest BCUT2D eigenvalue weighted by atomic mass is 9.97. The number of nitrogens with zero attached hydrogens (tertiary/aromatic N) is 7. The number of nitriles is 1. The van der Waals surface area contributed by atoms with Gasteiger partial charge >= 0.3 is 6.36 Å². The highest BCUT2D eigenvalue weighted by molar-refractivity contribution is 5.88. The number of aromatic nitrogens is 5. The number of alkyl halides is 3. The first kappa shape index (κ1) is 22.6. The quantitative estimate of drug-likeness (QED) is 0.415. The van der Waals surface area contributed by atoms with Gasteiger partial charge in [0.1, 0.15) is 41.2 Å². The fourth-order valence-electron chi connectivity index (χ4n) is 4.40. The number of hydrogen-bond acceptors (Lipinski definition) is 8. The molecule has 5 rings (SSSR count). The van der Waals surface area contributed by atoms with Gasteiger partial charge in [-0.2, -0.15) is 10.2 Å². The van der Waals surface area contributed by atoms with Gasteiger partial charge in [-0.05, 0) is 42.8 Å². The van der Waals surface area contributed by atoms with Crippen molar-refractivity contribution < 1.29 is 22.6 Å². The van der Waals surface area contributed by atoms with Gasteiger partial charge in [0.25, 0.3) is 5.78 Å². The Hall–Kier alpha value is -4.14. The second-order valence-electron chi connectivity index (χ2n) is 8.15. The first-order valence-corrected chi connectivity index (χ1v) is 11.0. The highest BCUT2D eigenvalue weighted by Crippen LogP contribution is 2.33. The zero-order valence-electron chi connectivity index (χ0n) is 18.6. The number of rotatable bonds is 5. The van der Waals surface area contributed by atoms with Crippen LogP contribution in [0.25, 0.3) is 16.8 Å². The van der Waals surface area contributed by atoms with Crippen molar-refractivity contribution in [1.82, 2.24) is 24.6 Å². The van der Waals surface area contributed by atoms with Crippen LogP contribution in [0.2, 0.25) is 0 Å². The topological polar surface area (TPSA) is 101 Å². The summed E-state index contributed by atoms with van der Waals surface area (Å²) < 4.78 is 48.9. The van der Waals surface area contributed by atoms with Crippen molar-refractivity contribution >= 4 is 22.6 Å². The second-order valence-corrected chi connectivity index (χ2v) is 8.15. The Morgan fingerprint density at radius 3 is 2.60 bits per heavy atom. The lowest BCUT2D eigenvalue weighted by Gasteiger charge is -2.40. The van der Waals surface area contributed by atoms with Crippen LogP contribution in [0, 0.1) is 11.3 Å². The molecule has 1 aliphatic rings. The molecule has 0 saturated carbocycles. The maximum Gasteiger partial charge on any atom is 0.573 e. The first-order valence-electron chi connectivity index (χ1n) is 11.0. The molecule has 0 bridgehead atoms. The van der Waals surface area contributed by atoms with E-state index in [0.29, 0.717) is 42.2 Å². The maximum atomic E-state index is 12.4. The molecule has 0 N–H and O–H groups in total. The Labute approximate surface area is 197 Å². The van der Waals surface area contributed by atoms with Gasteiger partial charge in [-0.25, -0.2) is 4.98 Å². The van der Waals surface area contributed by atoms with Gasteiger partial charge in [0.15, 0.2) is 5.82 Å². The number of ether oxygens (including phenoxy) is 2. The van der Waals surface area contributed by atoms with Crippen molar-refractivity contribution in [3.63, 3.8) is 0 Å². The van der Waals surface area contributed by atoms with Crippen molar-refractivity contribution in [2.45, 2.75) is 44.7 Å². The third-order valence-electron chi connectivity index (χ3n) is 5.97. The van der Waals surface area contributed by atoms with Crippen LogP contribution in [0.5, 0.6) is 11.5 Å². The summed E-state index contributed by atoms with van der Waals surface area (Å²) in [5.74, 6) is 1.25. The predicted octanol–water partition coefficient (Wildman–Crippen LogP) is 4.27. The average Bonchev–Trinajstić information content (AvgIpc) is 3.32. The fourth-order valence-corrected chi connectivity index (χ4v) is 4.40. The fraction of sp³-hybridized carbons (Fsp3) is 0.348. The van der Waals surface area contributed by atoms with Crippen LogP contribution in [0.15, 0.2) is 42.7 Å². The molecule has 180 valence electrons. The Balaban J connectivity index is 1.38. The van der Waals surface area contributed by atoms with E-state index in [4.69, 9.17) is 9.72 Å². The van der Waals surface area contributed by atoms with Gasteiger partial charge < -0.3 is 14.4 Å². The third-order valence-corrected chi connectivity index (χ3v) is 5.97. The summed E-state index contributed by atoms with van der Waals surface area (Å²) >= 11 is 0. The molecular weight excluding hydrogens is 463 g/mol. The first-order chi connectivity index (χ1) is 16.8. The molecule has 0 radical (unpaired) electrons. The van der Waals surface area contributed by atoms with E-state index in [1.54, 1.807) is 16.8 Å². The second kappa shape index (κ2) is 8.90. The van der Waals surface area contributed by atoms with E-state index in [1.165, 1.54) is 24.3 Å². The third kappa shape index (κ3) is 4.62. The number of fused-ring (bicyclic) bond motifs is 3. The van der Waals surface area contributed by atoms with Crippen LogP contribution in [-0.2, 0) is 0 Å². The average molecular weight is 483 g/mol. The van der Waals surface area contributed by atoms with Crippen LogP contribution in [0.1, 0.15) is 31.9 Å². The molecule has 9 nitrogen and oxygen atoms in total. The lowest BCUT2D eigenvalue weighted by molar-refractivity contribution is -0.274. The Morgan fingerprint density at radius 2 is 1.89 bits per heavy atom. The summed E-state index contributed by atoms with van der Waals surface area (Å²) in [4.78, 5) is 11.4.